The van der Waals surface area contributed by atoms with Gasteiger partial charge in [0.2, 0.25) is 5.91 Å². The Labute approximate surface area is 145 Å². The van der Waals surface area contributed by atoms with Gasteiger partial charge in [-0.1, -0.05) is 11.6 Å². The van der Waals surface area contributed by atoms with Crippen molar-refractivity contribution in [3.05, 3.63) is 53.3 Å². The summed E-state index contributed by atoms with van der Waals surface area (Å²) in [7, 11) is 0. The maximum Gasteiger partial charge on any atom is 0.243 e. The van der Waals surface area contributed by atoms with Crippen molar-refractivity contribution in [1.29, 1.82) is 0 Å². The molecule has 0 bridgehead atoms. The summed E-state index contributed by atoms with van der Waals surface area (Å²) in [5.74, 6) is -0.533. The molecule has 3 rings (SSSR count). The molecule has 0 radical (unpaired) electrons. The quantitative estimate of drug-likeness (QED) is 0.854. The van der Waals surface area contributed by atoms with Gasteiger partial charge in [-0.15, -0.1) is 0 Å². The fourth-order valence-electron chi connectivity index (χ4n) is 2.80. The van der Waals surface area contributed by atoms with Crippen molar-refractivity contribution >= 4 is 34.6 Å². The Kier molecular flexibility index (Phi) is 5.20. The standard InChI is InChI=1S/C18H19ClFN3O/c19-13-3-8-17(23-9-1-2-10-23)16(11-13)21-12-18(24)22-15-6-4-14(20)5-7-15/h3-8,11,21H,1-2,9-10,12H2,(H,22,24). The molecule has 2 N–H and O–H groups in total. The SMILES string of the molecule is O=C(CNc1cc(Cl)ccc1N1CCCC1)Nc1ccc(F)cc1. The van der Waals surface area contributed by atoms with Crippen LogP contribution in [-0.4, -0.2) is 25.5 Å². The van der Waals surface area contributed by atoms with Crippen LogP contribution >= 0.6 is 11.6 Å². The van der Waals surface area contributed by atoms with Crippen molar-refractivity contribution in [2.75, 3.05) is 35.2 Å². The first-order valence-corrected chi connectivity index (χ1v) is 8.33. The van der Waals surface area contributed by atoms with E-state index < -0.39 is 0 Å². The van der Waals surface area contributed by atoms with Gasteiger partial charge >= 0.3 is 0 Å². The molecule has 2 aromatic rings. The van der Waals surface area contributed by atoms with Crippen molar-refractivity contribution in [2.24, 2.45) is 0 Å². The molecule has 0 saturated carbocycles. The van der Waals surface area contributed by atoms with Gasteiger partial charge in [0.05, 0.1) is 17.9 Å². The van der Waals surface area contributed by atoms with Crippen molar-refractivity contribution in [2.45, 2.75) is 12.8 Å². The van der Waals surface area contributed by atoms with E-state index in [-0.39, 0.29) is 18.3 Å². The number of halogens is 2. The van der Waals surface area contributed by atoms with Crippen molar-refractivity contribution < 1.29 is 9.18 Å². The molecular weight excluding hydrogens is 329 g/mol. The molecule has 1 amide bonds. The third-order valence-electron chi connectivity index (χ3n) is 3.97. The highest BCUT2D eigenvalue weighted by Gasteiger charge is 2.16. The molecule has 24 heavy (non-hydrogen) atoms. The van der Waals surface area contributed by atoms with Gasteiger partial charge in [0.15, 0.2) is 0 Å². The molecule has 1 aliphatic heterocycles. The van der Waals surface area contributed by atoms with Gasteiger partial charge in [0.1, 0.15) is 5.82 Å². The van der Waals surface area contributed by atoms with Crippen LogP contribution in [0.4, 0.5) is 21.5 Å². The minimum atomic E-state index is -0.333. The molecule has 1 heterocycles. The van der Waals surface area contributed by atoms with E-state index in [1.807, 2.05) is 18.2 Å². The second-order valence-corrected chi connectivity index (χ2v) is 6.20. The highest BCUT2D eigenvalue weighted by atomic mass is 35.5. The molecule has 0 spiro atoms. The Morgan fingerprint density at radius 2 is 1.83 bits per heavy atom. The molecule has 1 fully saturated rings. The minimum absolute atomic E-state index is 0.110. The molecule has 6 heteroatoms. The topological polar surface area (TPSA) is 44.4 Å². The first kappa shape index (κ1) is 16.6. The average molecular weight is 348 g/mol. The monoisotopic (exact) mass is 347 g/mol. The Balaban J connectivity index is 1.64. The van der Waals surface area contributed by atoms with E-state index in [1.165, 1.54) is 37.1 Å². The third kappa shape index (κ3) is 4.17. The summed E-state index contributed by atoms with van der Waals surface area (Å²) in [6, 6.07) is 11.4. The molecule has 2 aromatic carbocycles. The van der Waals surface area contributed by atoms with Crippen LogP contribution in [0, 0.1) is 5.82 Å². The number of hydrogen-bond acceptors (Lipinski definition) is 3. The van der Waals surface area contributed by atoms with Crippen LogP contribution in [0.15, 0.2) is 42.5 Å². The van der Waals surface area contributed by atoms with Crippen molar-refractivity contribution in [3.63, 3.8) is 0 Å². The number of benzene rings is 2. The summed E-state index contributed by atoms with van der Waals surface area (Å²) in [5.41, 5.74) is 2.47. The molecule has 4 nitrogen and oxygen atoms in total. The second kappa shape index (κ2) is 7.53. The number of amides is 1. The molecule has 1 aliphatic rings. The van der Waals surface area contributed by atoms with E-state index in [4.69, 9.17) is 11.6 Å². The molecule has 0 unspecified atom stereocenters. The van der Waals surface area contributed by atoms with E-state index in [2.05, 4.69) is 15.5 Å². The fourth-order valence-corrected chi connectivity index (χ4v) is 2.97. The maximum absolute atomic E-state index is 12.9. The summed E-state index contributed by atoms with van der Waals surface area (Å²) in [6.45, 7) is 2.13. The summed E-state index contributed by atoms with van der Waals surface area (Å²) in [4.78, 5) is 14.4. The number of nitrogens with zero attached hydrogens (tertiary/aromatic N) is 1. The van der Waals surface area contributed by atoms with E-state index >= 15 is 0 Å². The van der Waals surface area contributed by atoms with Gasteiger partial charge in [0.25, 0.3) is 0 Å². The lowest BCUT2D eigenvalue weighted by Gasteiger charge is -2.22. The summed E-state index contributed by atoms with van der Waals surface area (Å²) in [5, 5.41) is 6.50. The van der Waals surface area contributed by atoms with Crippen LogP contribution in [0.25, 0.3) is 0 Å². The van der Waals surface area contributed by atoms with Crippen LogP contribution in [0.5, 0.6) is 0 Å². The molecule has 126 valence electrons. The first-order chi connectivity index (χ1) is 11.6. The molecule has 0 aromatic heterocycles. The average Bonchev–Trinajstić information content (AvgIpc) is 3.09. The van der Waals surface area contributed by atoms with Crippen molar-refractivity contribution in [1.82, 2.24) is 0 Å². The summed E-state index contributed by atoms with van der Waals surface area (Å²) < 4.78 is 12.9. The first-order valence-electron chi connectivity index (χ1n) is 7.95. The fraction of sp³-hybridized carbons (Fsp3) is 0.278. The Hall–Kier alpha value is -2.27. The highest BCUT2D eigenvalue weighted by molar-refractivity contribution is 6.31. The molecule has 1 saturated heterocycles. The van der Waals surface area contributed by atoms with E-state index in [9.17, 15) is 9.18 Å². The summed E-state index contributed by atoms with van der Waals surface area (Å²) >= 11 is 6.09. The zero-order chi connectivity index (χ0) is 16.9. The van der Waals surface area contributed by atoms with Crippen LogP contribution < -0.4 is 15.5 Å². The second-order valence-electron chi connectivity index (χ2n) is 5.76. The van der Waals surface area contributed by atoms with Crippen LogP contribution in [0.1, 0.15) is 12.8 Å². The van der Waals surface area contributed by atoms with Gasteiger partial charge in [-0.25, -0.2) is 4.39 Å². The highest BCUT2D eigenvalue weighted by Crippen LogP contribution is 2.31. The van der Waals surface area contributed by atoms with E-state index in [1.54, 1.807) is 0 Å². The van der Waals surface area contributed by atoms with Gasteiger partial charge in [-0.2, -0.15) is 0 Å². The number of carbonyl (C=O) groups excluding carboxylic acids is 1. The van der Waals surface area contributed by atoms with Gasteiger partial charge in [-0.3, -0.25) is 4.79 Å². The van der Waals surface area contributed by atoms with Gasteiger partial charge in [0, 0.05) is 23.8 Å². The third-order valence-corrected chi connectivity index (χ3v) is 4.21. The predicted octanol–water partition coefficient (Wildman–Crippen LogP) is 4.13. The van der Waals surface area contributed by atoms with Crippen LogP contribution in [0.2, 0.25) is 5.02 Å². The van der Waals surface area contributed by atoms with E-state index in [0.29, 0.717) is 10.7 Å². The zero-order valence-electron chi connectivity index (χ0n) is 13.2. The van der Waals surface area contributed by atoms with Gasteiger partial charge in [-0.05, 0) is 55.3 Å². The van der Waals surface area contributed by atoms with Crippen LogP contribution in [0.3, 0.4) is 0 Å². The Morgan fingerprint density at radius 3 is 2.54 bits per heavy atom. The Morgan fingerprint density at radius 1 is 1.12 bits per heavy atom. The van der Waals surface area contributed by atoms with Crippen LogP contribution in [-0.2, 0) is 4.79 Å². The number of hydrogen-bond donors (Lipinski definition) is 2. The predicted molar refractivity (Wildman–Crippen MR) is 96.4 cm³/mol. The summed E-state index contributed by atoms with van der Waals surface area (Å²) in [6.07, 6.45) is 2.35. The Bertz CT molecular complexity index is 715. The van der Waals surface area contributed by atoms with Gasteiger partial charge < -0.3 is 15.5 Å². The minimum Gasteiger partial charge on any atom is -0.374 e. The van der Waals surface area contributed by atoms with E-state index in [0.717, 1.165) is 24.5 Å². The zero-order valence-corrected chi connectivity index (χ0v) is 13.9. The number of nitrogens with one attached hydrogen (secondary N) is 2. The molecule has 0 aliphatic carbocycles. The number of rotatable bonds is 5. The van der Waals surface area contributed by atoms with Crippen molar-refractivity contribution in [3.8, 4) is 0 Å². The number of carbonyl (C=O) groups is 1. The molecule has 0 atom stereocenters. The molecular formula is C18H19ClFN3O. The normalized spacial score (nSPS) is 13.8. The number of anilines is 3. The largest absolute Gasteiger partial charge is 0.374 e. The lowest BCUT2D eigenvalue weighted by atomic mass is 10.2. The maximum atomic E-state index is 12.9. The lowest BCUT2D eigenvalue weighted by molar-refractivity contribution is -0.114. The lowest BCUT2D eigenvalue weighted by Crippen LogP contribution is -2.24. The smallest absolute Gasteiger partial charge is 0.243 e.